The molecule has 1 aromatic rings. The van der Waals surface area contributed by atoms with E-state index in [0.29, 0.717) is 0 Å². The van der Waals surface area contributed by atoms with Gasteiger partial charge in [-0.15, -0.1) is 0 Å². The van der Waals surface area contributed by atoms with Crippen LogP contribution in [0.5, 0.6) is 0 Å². The molecule has 1 aromatic heterocycles. The Hall–Kier alpha value is -1.29. The van der Waals surface area contributed by atoms with Gasteiger partial charge in [0.05, 0.1) is 18.3 Å². The lowest BCUT2D eigenvalue weighted by Crippen LogP contribution is -2.52. The molecule has 1 fully saturated rings. The van der Waals surface area contributed by atoms with Crippen LogP contribution in [0.2, 0.25) is 0 Å². The van der Waals surface area contributed by atoms with Gasteiger partial charge in [-0.2, -0.15) is 0 Å². The first-order valence-electron chi connectivity index (χ1n) is 6.08. The molecule has 2 atom stereocenters. The van der Waals surface area contributed by atoms with Crippen molar-refractivity contribution in [1.29, 1.82) is 0 Å². The smallest absolute Gasteiger partial charge is 0.237 e. The van der Waals surface area contributed by atoms with Crippen LogP contribution < -0.4 is 10.6 Å². The summed E-state index contributed by atoms with van der Waals surface area (Å²) in [4.78, 5) is 11.3. The van der Waals surface area contributed by atoms with Gasteiger partial charge in [0, 0.05) is 6.54 Å². The topological polar surface area (TPSA) is 54.3 Å². The molecule has 2 heterocycles. The third-order valence-corrected chi connectivity index (χ3v) is 2.22. The van der Waals surface area contributed by atoms with E-state index in [-0.39, 0.29) is 18.0 Å². The average Bonchev–Trinajstić information content (AvgIpc) is 2.74. The van der Waals surface area contributed by atoms with E-state index in [9.17, 15) is 4.79 Å². The molecule has 1 aliphatic heterocycles. The minimum absolute atomic E-state index is 0.0210. The van der Waals surface area contributed by atoms with Crippen molar-refractivity contribution in [1.82, 2.24) is 10.6 Å². The van der Waals surface area contributed by atoms with Crippen molar-refractivity contribution in [2.75, 3.05) is 6.54 Å². The molecule has 2 rings (SSSR count). The Labute approximate surface area is 103 Å². The zero-order valence-corrected chi connectivity index (χ0v) is 11.0. The maximum Gasteiger partial charge on any atom is 0.237 e. The van der Waals surface area contributed by atoms with Gasteiger partial charge in [-0.25, -0.2) is 0 Å². The second kappa shape index (κ2) is 6.45. The fraction of sp³-hybridized carbons (Fsp3) is 0.615. The predicted octanol–water partition coefficient (Wildman–Crippen LogP) is 2.09. The molecule has 1 aliphatic rings. The lowest BCUT2D eigenvalue weighted by Gasteiger charge is -2.26. The van der Waals surface area contributed by atoms with Crippen LogP contribution in [0.4, 0.5) is 0 Å². The summed E-state index contributed by atoms with van der Waals surface area (Å²) in [5, 5.41) is 5.97. The molecule has 1 unspecified atom stereocenters. The molecule has 1 saturated heterocycles. The molecule has 0 saturated carbocycles. The third-order valence-electron chi connectivity index (χ3n) is 2.22. The molecule has 0 aliphatic carbocycles. The Kier molecular flexibility index (Phi) is 5.22. The fourth-order valence-corrected chi connectivity index (χ4v) is 1.40. The molecule has 0 aromatic carbocycles. The quantitative estimate of drug-likeness (QED) is 0.787. The normalized spacial score (nSPS) is 23.9. The van der Waals surface area contributed by atoms with Gasteiger partial charge in [-0.05, 0) is 25.0 Å². The predicted molar refractivity (Wildman–Crippen MR) is 67.6 cm³/mol. The molecule has 0 spiro atoms. The summed E-state index contributed by atoms with van der Waals surface area (Å²) >= 11 is 0. The number of nitrogens with one attached hydrogen (secondary N) is 2. The first-order chi connectivity index (χ1) is 8.00. The van der Waals surface area contributed by atoms with E-state index in [4.69, 9.17) is 4.42 Å². The van der Waals surface area contributed by atoms with E-state index < -0.39 is 0 Å². The highest BCUT2D eigenvalue weighted by Gasteiger charge is 2.26. The molecule has 96 valence electrons. The Balaban J connectivity index is 0.000000317. The Morgan fingerprint density at radius 2 is 2.06 bits per heavy atom. The minimum Gasteiger partial charge on any atom is -0.467 e. The molecular formula is C13H22N2O2. The van der Waals surface area contributed by atoms with E-state index in [2.05, 4.69) is 31.4 Å². The van der Waals surface area contributed by atoms with Crippen molar-refractivity contribution in [2.45, 2.75) is 39.8 Å². The molecule has 1 amide bonds. The zero-order valence-electron chi connectivity index (χ0n) is 11.0. The van der Waals surface area contributed by atoms with E-state index in [1.54, 1.807) is 6.26 Å². The SMILES string of the molecule is CC(C)C.CC1NC[C@@H](c2ccco2)NC1=O. The number of carbonyl (C=O) groups excluding carboxylic acids is 1. The molecule has 4 nitrogen and oxygen atoms in total. The van der Waals surface area contributed by atoms with Crippen LogP contribution in [-0.4, -0.2) is 18.5 Å². The number of amides is 1. The maximum absolute atomic E-state index is 11.3. The number of hydrogen-bond donors (Lipinski definition) is 2. The van der Waals surface area contributed by atoms with Crippen LogP contribution in [0.15, 0.2) is 22.8 Å². The van der Waals surface area contributed by atoms with Gasteiger partial charge in [0.15, 0.2) is 0 Å². The molecule has 2 N–H and O–H groups in total. The summed E-state index contributed by atoms with van der Waals surface area (Å²) in [7, 11) is 0. The first kappa shape index (κ1) is 13.8. The van der Waals surface area contributed by atoms with Gasteiger partial charge in [0.1, 0.15) is 5.76 Å². The van der Waals surface area contributed by atoms with Crippen LogP contribution in [0, 0.1) is 5.92 Å². The molecule has 17 heavy (non-hydrogen) atoms. The standard InChI is InChI=1S/C9H12N2O2.C4H10/c1-6-9(12)11-7(5-10-6)8-3-2-4-13-8;1-4(2)3/h2-4,6-7,10H,5H2,1H3,(H,11,12);4H,1-3H3/t6?,7-;/m0./s1. The number of hydrogen-bond acceptors (Lipinski definition) is 3. The number of carbonyl (C=O) groups is 1. The number of furan rings is 1. The highest BCUT2D eigenvalue weighted by molar-refractivity contribution is 5.82. The summed E-state index contributed by atoms with van der Waals surface area (Å²) in [6, 6.07) is 3.55. The minimum atomic E-state index is -0.105. The summed E-state index contributed by atoms with van der Waals surface area (Å²) < 4.78 is 5.20. The Bertz CT molecular complexity index is 330. The number of piperazine rings is 1. The largest absolute Gasteiger partial charge is 0.467 e. The summed E-state index contributed by atoms with van der Waals surface area (Å²) in [6.45, 7) is 9.06. The van der Waals surface area contributed by atoms with E-state index in [1.807, 2.05) is 19.1 Å². The van der Waals surface area contributed by atoms with Crippen molar-refractivity contribution < 1.29 is 9.21 Å². The fourth-order valence-electron chi connectivity index (χ4n) is 1.40. The molecule has 4 heteroatoms. The monoisotopic (exact) mass is 238 g/mol. The Morgan fingerprint density at radius 1 is 1.41 bits per heavy atom. The number of rotatable bonds is 1. The zero-order chi connectivity index (χ0) is 12.8. The van der Waals surface area contributed by atoms with E-state index in [1.165, 1.54) is 0 Å². The van der Waals surface area contributed by atoms with E-state index >= 15 is 0 Å². The molecule has 0 radical (unpaired) electrons. The second-order valence-electron chi connectivity index (χ2n) is 4.94. The first-order valence-corrected chi connectivity index (χ1v) is 6.08. The van der Waals surface area contributed by atoms with Gasteiger partial charge in [0.2, 0.25) is 5.91 Å². The van der Waals surface area contributed by atoms with Gasteiger partial charge < -0.3 is 15.1 Å². The van der Waals surface area contributed by atoms with E-state index in [0.717, 1.165) is 18.2 Å². The van der Waals surface area contributed by atoms with Crippen molar-refractivity contribution in [2.24, 2.45) is 5.92 Å². The van der Waals surface area contributed by atoms with Crippen LogP contribution in [0.1, 0.15) is 39.5 Å². The maximum atomic E-state index is 11.3. The van der Waals surface area contributed by atoms with Crippen molar-refractivity contribution in [3.63, 3.8) is 0 Å². The summed E-state index contributed by atoms with van der Waals surface area (Å²) in [5.74, 6) is 1.65. The average molecular weight is 238 g/mol. The van der Waals surface area contributed by atoms with Gasteiger partial charge >= 0.3 is 0 Å². The summed E-state index contributed by atoms with van der Waals surface area (Å²) in [6.07, 6.45) is 1.61. The van der Waals surface area contributed by atoms with Crippen LogP contribution in [0.25, 0.3) is 0 Å². The van der Waals surface area contributed by atoms with Crippen LogP contribution >= 0.6 is 0 Å². The summed E-state index contributed by atoms with van der Waals surface area (Å²) in [5.41, 5.74) is 0. The van der Waals surface area contributed by atoms with Gasteiger partial charge in [-0.1, -0.05) is 20.8 Å². The van der Waals surface area contributed by atoms with Crippen LogP contribution in [-0.2, 0) is 4.79 Å². The van der Waals surface area contributed by atoms with Crippen molar-refractivity contribution in [3.8, 4) is 0 Å². The van der Waals surface area contributed by atoms with Gasteiger partial charge in [0.25, 0.3) is 0 Å². The molecular weight excluding hydrogens is 216 g/mol. The van der Waals surface area contributed by atoms with Gasteiger partial charge in [-0.3, -0.25) is 4.79 Å². The third kappa shape index (κ3) is 4.61. The van der Waals surface area contributed by atoms with Crippen LogP contribution in [0.3, 0.4) is 0 Å². The van der Waals surface area contributed by atoms with Crippen molar-refractivity contribution in [3.05, 3.63) is 24.2 Å². The Morgan fingerprint density at radius 3 is 2.53 bits per heavy atom. The lowest BCUT2D eigenvalue weighted by atomic mass is 10.1. The highest BCUT2D eigenvalue weighted by atomic mass is 16.3. The second-order valence-corrected chi connectivity index (χ2v) is 4.94. The van der Waals surface area contributed by atoms with Crippen molar-refractivity contribution >= 4 is 5.91 Å². The highest BCUT2D eigenvalue weighted by Crippen LogP contribution is 2.15. The lowest BCUT2D eigenvalue weighted by molar-refractivity contribution is -0.125. The molecule has 0 bridgehead atoms.